The minimum absolute atomic E-state index is 0.0261. The van der Waals surface area contributed by atoms with Gasteiger partial charge in [-0.2, -0.15) is 0 Å². The molecule has 0 spiro atoms. The van der Waals surface area contributed by atoms with Crippen LogP contribution in [0.3, 0.4) is 0 Å². The molecule has 0 unspecified atom stereocenters. The highest BCUT2D eigenvalue weighted by molar-refractivity contribution is 5.92. The van der Waals surface area contributed by atoms with Gasteiger partial charge < -0.3 is 18.8 Å². The van der Waals surface area contributed by atoms with Crippen LogP contribution in [-0.2, 0) is 4.74 Å². The van der Waals surface area contributed by atoms with Gasteiger partial charge in [-0.25, -0.2) is 9.37 Å². The van der Waals surface area contributed by atoms with Gasteiger partial charge in [0, 0.05) is 12.7 Å². The number of halogens is 1. The first-order valence-corrected chi connectivity index (χ1v) is 8.39. The van der Waals surface area contributed by atoms with Gasteiger partial charge in [-0.05, 0) is 44.0 Å². The zero-order valence-corrected chi connectivity index (χ0v) is 13.9. The van der Waals surface area contributed by atoms with Crippen LogP contribution in [-0.4, -0.2) is 47.2 Å². The molecule has 1 aliphatic carbocycles. The minimum Gasteiger partial charge on any atom is -0.469 e. The lowest BCUT2D eigenvalue weighted by Crippen LogP contribution is -2.54. The molecule has 2 aromatic heterocycles. The predicted octanol–water partition coefficient (Wildman–Crippen LogP) is 2.57. The molecule has 2 fully saturated rings. The lowest BCUT2D eigenvalue weighted by molar-refractivity contribution is -0.0804. The number of carbonyl (C=O) groups excluding carboxylic acids is 1. The molecule has 4 rings (SSSR count). The number of pyridine rings is 1. The standard InChI is InChI=1S/C18H19FN2O4/c1-11-4-6-15(24-11)18(22)21-9-10-23-16-13(21)5-7-14(16)25-17-12(19)3-2-8-20-17/h2-4,6,8,13-14,16H,5,7,9-10H2,1H3/t13-,14-,16+/m0/s1. The van der Waals surface area contributed by atoms with Gasteiger partial charge in [-0.1, -0.05) is 0 Å². The van der Waals surface area contributed by atoms with Crippen LogP contribution in [0.25, 0.3) is 0 Å². The van der Waals surface area contributed by atoms with Crippen molar-refractivity contribution in [3.63, 3.8) is 0 Å². The third kappa shape index (κ3) is 3.00. The van der Waals surface area contributed by atoms with Crippen molar-refractivity contribution in [1.82, 2.24) is 9.88 Å². The van der Waals surface area contributed by atoms with Crippen molar-refractivity contribution in [2.75, 3.05) is 13.2 Å². The summed E-state index contributed by atoms with van der Waals surface area (Å²) in [4.78, 5) is 18.5. The number of fused-ring (bicyclic) bond motifs is 1. The largest absolute Gasteiger partial charge is 0.469 e. The smallest absolute Gasteiger partial charge is 0.289 e. The number of carbonyl (C=O) groups is 1. The summed E-state index contributed by atoms with van der Waals surface area (Å²) in [5.41, 5.74) is 0. The topological polar surface area (TPSA) is 64.8 Å². The summed E-state index contributed by atoms with van der Waals surface area (Å²) in [7, 11) is 0. The lowest BCUT2D eigenvalue weighted by atomic mass is 10.1. The molecule has 7 heteroatoms. The minimum atomic E-state index is -0.499. The molecule has 0 radical (unpaired) electrons. The number of aromatic nitrogens is 1. The van der Waals surface area contributed by atoms with Crippen molar-refractivity contribution in [1.29, 1.82) is 0 Å². The molecule has 0 bridgehead atoms. The predicted molar refractivity (Wildman–Crippen MR) is 85.9 cm³/mol. The van der Waals surface area contributed by atoms with Gasteiger partial charge in [0.15, 0.2) is 11.6 Å². The Morgan fingerprint density at radius 2 is 2.24 bits per heavy atom. The third-order valence-corrected chi connectivity index (χ3v) is 4.74. The second-order valence-electron chi connectivity index (χ2n) is 6.34. The summed E-state index contributed by atoms with van der Waals surface area (Å²) in [5.74, 6) is 0.364. The van der Waals surface area contributed by atoms with E-state index in [0.29, 0.717) is 31.1 Å². The number of rotatable bonds is 3. The zero-order chi connectivity index (χ0) is 17.4. The summed E-state index contributed by atoms with van der Waals surface area (Å²) >= 11 is 0. The van der Waals surface area contributed by atoms with Gasteiger partial charge in [0.25, 0.3) is 11.8 Å². The fourth-order valence-electron chi connectivity index (χ4n) is 3.59. The van der Waals surface area contributed by atoms with Crippen LogP contribution in [0.15, 0.2) is 34.9 Å². The van der Waals surface area contributed by atoms with Crippen molar-refractivity contribution in [2.45, 2.75) is 38.0 Å². The molecule has 2 aromatic rings. The highest BCUT2D eigenvalue weighted by Gasteiger charge is 2.46. The van der Waals surface area contributed by atoms with Crippen LogP contribution in [0.5, 0.6) is 5.88 Å². The van der Waals surface area contributed by atoms with E-state index >= 15 is 0 Å². The molecule has 6 nitrogen and oxygen atoms in total. The zero-order valence-electron chi connectivity index (χ0n) is 13.9. The Hall–Kier alpha value is -2.41. The molecule has 2 aliphatic rings. The average molecular weight is 346 g/mol. The van der Waals surface area contributed by atoms with E-state index in [2.05, 4.69) is 4.98 Å². The number of hydrogen-bond acceptors (Lipinski definition) is 5. The molecule has 132 valence electrons. The quantitative estimate of drug-likeness (QED) is 0.855. The lowest BCUT2D eigenvalue weighted by Gasteiger charge is -2.38. The Morgan fingerprint density at radius 1 is 1.36 bits per heavy atom. The summed E-state index contributed by atoms with van der Waals surface area (Å²) in [6.45, 7) is 2.72. The van der Waals surface area contributed by atoms with Gasteiger partial charge in [-0.3, -0.25) is 4.79 Å². The van der Waals surface area contributed by atoms with Crippen LogP contribution in [0.2, 0.25) is 0 Å². The first-order valence-electron chi connectivity index (χ1n) is 8.39. The van der Waals surface area contributed by atoms with E-state index in [1.165, 1.54) is 18.3 Å². The number of morpholine rings is 1. The van der Waals surface area contributed by atoms with Crippen LogP contribution in [0, 0.1) is 12.7 Å². The maximum atomic E-state index is 13.8. The summed E-state index contributed by atoms with van der Waals surface area (Å²) in [5, 5.41) is 0. The van der Waals surface area contributed by atoms with Crippen molar-refractivity contribution in [2.24, 2.45) is 0 Å². The average Bonchev–Trinajstić information content (AvgIpc) is 3.23. The highest BCUT2D eigenvalue weighted by atomic mass is 19.1. The van der Waals surface area contributed by atoms with Gasteiger partial charge in [0.05, 0.1) is 12.6 Å². The molecular weight excluding hydrogens is 327 g/mol. The van der Waals surface area contributed by atoms with E-state index < -0.39 is 5.82 Å². The second-order valence-corrected chi connectivity index (χ2v) is 6.34. The fourth-order valence-corrected chi connectivity index (χ4v) is 3.59. The van der Waals surface area contributed by atoms with Gasteiger partial charge in [0.1, 0.15) is 18.0 Å². The van der Waals surface area contributed by atoms with Crippen molar-refractivity contribution < 1.29 is 23.1 Å². The molecule has 1 aliphatic heterocycles. The molecule has 3 heterocycles. The fraction of sp³-hybridized carbons (Fsp3) is 0.444. The molecule has 1 amide bonds. The SMILES string of the molecule is Cc1ccc(C(=O)N2CCO[C@H]3[C@@H](Oc4ncccc4F)CC[C@@H]32)o1. The van der Waals surface area contributed by atoms with Crippen LogP contribution in [0.1, 0.15) is 29.2 Å². The van der Waals surface area contributed by atoms with Crippen LogP contribution >= 0.6 is 0 Å². The maximum absolute atomic E-state index is 13.8. The van der Waals surface area contributed by atoms with Gasteiger partial charge >= 0.3 is 0 Å². The first kappa shape index (κ1) is 16.1. The summed E-state index contributed by atoms with van der Waals surface area (Å²) in [6, 6.07) is 6.18. The summed E-state index contributed by atoms with van der Waals surface area (Å²) in [6.07, 6.45) is 2.27. The van der Waals surface area contributed by atoms with E-state index in [1.807, 2.05) is 0 Å². The Kier molecular flexibility index (Phi) is 4.17. The molecular formula is C18H19FN2O4. The van der Waals surface area contributed by atoms with Crippen LogP contribution in [0.4, 0.5) is 4.39 Å². The number of nitrogens with zero attached hydrogens (tertiary/aromatic N) is 2. The number of amides is 1. The van der Waals surface area contributed by atoms with E-state index in [9.17, 15) is 9.18 Å². The maximum Gasteiger partial charge on any atom is 0.289 e. The van der Waals surface area contributed by atoms with Crippen molar-refractivity contribution >= 4 is 5.91 Å². The Balaban J connectivity index is 1.50. The Bertz CT molecular complexity index is 778. The van der Waals surface area contributed by atoms with E-state index in [-0.39, 0.29) is 30.0 Å². The summed E-state index contributed by atoms with van der Waals surface area (Å²) < 4.78 is 30.8. The van der Waals surface area contributed by atoms with E-state index in [4.69, 9.17) is 13.9 Å². The monoisotopic (exact) mass is 346 g/mol. The Morgan fingerprint density at radius 3 is 3.00 bits per heavy atom. The third-order valence-electron chi connectivity index (χ3n) is 4.74. The first-order chi connectivity index (χ1) is 12.1. The van der Waals surface area contributed by atoms with Gasteiger partial charge in [-0.15, -0.1) is 0 Å². The van der Waals surface area contributed by atoms with Crippen molar-refractivity contribution in [3.8, 4) is 5.88 Å². The number of aryl methyl sites for hydroxylation is 1. The van der Waals surface area contributed by atoms with Gasteiger partial charge in [0.2, 0.25) is 0 Å². The molecule has 0 N–H and O–H groups in total. The molecule has 1 saturated heterocycles. The molecule has 25 heavy (non-hydrogen) atoms. The molecule has 0 aromatic carbocycles. The number of hydrogen-bond donors (Lipinski definition) is 0. The highest BCUT2D eigenvalue weighted by Crippen LogP contribution is 2.34. The second kappa shape index (κ2) is 6.48. The number of furan rings is 1. The molecule has 1 saturated carbocycles. The normalized spacial score (nSPS) is 25.7. The van der Waals surface area contributed by atoms with E-state index in [0.717, 1.165) is 6.42 Å². The van der Waals surface area contributed by atoms with Crippen molar-refractivity contribution in [3.05, 3.63) is 47.8 Å². The molecule has 3 atom stereocenters. The van der Waals surface area contributed by atoms with Crippen LogP contribution < -0.4 is 4.74 Å². The number of ether oxygens (including phenoxy) is 2. The van der Waals surface area contributed by atoms with E-state index in [1.54, 1.807) is 24.0 Å². The Labute approximate surface area is 144 Å².